The number of alkyl halides is 3. The standard InChI is InChI=1S/C21H22F3N2O3S/c1-2-30(27,28)26(13-11-16(15-25)12-14-26)17-7-9-18(10-8-17)29-20-6-4-3-5-19(20)21(22,23)24/h3-13H,2,14-15,25H2,1H3/q+1. The summed E-state index contributed by atoms with van der Waals surface area (Å²) < 4.78 is 70.3. The summed E-state index contributed by atoms with van der Waals surface area (Å²) in [5.74, 6) is -0.238. The normalized spacial score (nSPS) is 19.4. The van der Waals surface area contributed by atoms with E-state index in [1.54, 1.807) is 37.4 Å². The van der Waals surface area contributed by atoms with Crippen LogP contribution < -0.4 is 14.4 Å². The molecule has 2 aromatic rings. The fraction of sp³-hybridized carbons (Fsp3) is 0.238. The summed E-state index contributed by atoms with van der Waals surface area (Å²) in [5, 5.41) is 0. The minimum atomic E-state index is -4.55. The van der Waals surface area contributed by atoms with E-state index in [2.05, 4.69) is 0 Å². The lowest BCUT2D eigenvalue weighted by molar-refractivity contribution is -0.138. The lowest BCUT2D eigenvalue weighted by atomic mass is 10.1. The van der Waals surface area contributed by atoms with Crippen molar-refractivity contribution in [2.24, 2.45) is 5.73 Å². The van der Waals surface area contributed by atoms with Crippen LogP contribution in [0.3, 0.4) is 0 Å². The molecule has 1 unspecified atom stereocenters. The summed E-state index contributed by atoms with van der Waals surface area (Å²) in [7, 11) is -3.59. The second-order valence-corrected chi connectivity index (χ2v) is 9.13. The van der Waals surface area contributed by atoms with Crippen molar-refractivity contribution in [3.8, 4) is 11.5 Å². The van der Waals surface area contributed by atoms with Crippen molar-refractivity contribution in [2.45, 2.75) is 13.1 Å². The van der Waals surface area contributed by atoms with Gasteiger partial charge in [0.2, 0.25) is 0 Å². The molecule has 1 aliphatic heterocycles. The third kappa shape index (κ3) is 4.14. The smallest absolute Gasteiger partial charge is 0.419 e. The average molecular weight is 439 g/mol. The SMILES string of the molecule is CCS(=O)(=O)[N+]1(c2ccc(Oc3ccccc3C(F)(F)F)cc2)C=CC(CN)=CC1. The Morgan fingerprint density at radius 1 is 1.10 bits per heavy atom. The molecule has 160 valence electrons. The van der Waals surface area contributed by atoms with Crippen LogP contribution in [0.5, 0.6) is 11.5 Å². The van der Waals surface area contributed by atoms with Crippen LogP contribution in [0.25, 0.3) is 0 Å². The number of hydrogen-bond acceptors (Lipinski definition) is 4. The number of nitrogens with zero attached hydrogens (tertiary/aromatic N) is 1. The van der Waals surface area contributed by atoms with Crippen LogP contribution in [-0.4, -0.2) is 27.3 Å². The third-order valence-corrected chi connectivity index (χ3v) is 7.15. The maximum absolute atomic E-state index is 13.2. The summed E-state index contributed by atoms with van der Waals surface area (Å²) >= 11 is 0. The topological polar surface area (TPSA) is 69.4 Å². The summed E-state index contributed by atoms with van der Waals surface area (Å²) in [6.07, 6.45) is 0.486. The number of para-hydroxylation sites is 1. The highest BCUT2D eigenvalue weighted by Crippen LogP contribution is 2.39. The third-order valence-electron chi connectivity index (χ3n) is 4.95. The molecular weight excluding hydrogens is 417 g/mol. The van der Waals surface area contributed by atoms with Gasteiger partial charge in [0, 0.05) is 18.7 Å². The molecule has 0 fully saturated rings. The summed E-state index contributed by atoms with van der Waals surface area (Å²) in [6.45, 7) is 2.04. The van der Waals surface area contributed by atoms with Crippen molar-refractivity contribution in [2.75, 3.05) is 18.8 Å². The molecule has 0 aliphatic carbocycles. The van der Waals surface area contributed by atoms with E-state index in [0.29, 0.717) is 12.2 Å². The van der Waals surface area contributed by atoms with E-state index < -0.39 is 25.7 Å². The highest BCUT2D eigenvalue weighted by atomic mass is 32.2. The van der Waals surface area contributed by atoms with Crippen molar-refractivity contribution < 1.29 is 26.3 Å². The quantitative estimate of drug-likeness (QED) is 0.670. The van der Waals surface area contributed by atoms with E-state index in [1.165, 1.54) is 30.3 Å². The maximum Gasteiger partial charge on any atom is 0.419 e. The number of ether oxygens (including phenoxy) is 1. The average Bonchev–Trinajstić information content (AvgIpc) is 2.74. The Labute approximate surface area is 173 Å². The summed E-state index contributed by atoms with van der Waals surface area (Å²) in [5.41, 5.74) is 6.04. The molecule has 5 nitrogen and oxygen atoms in total. The number of sulfonamides is 1. The molecule has 2 aromatic carbocycles. The van der Waals surface area contributed by atoms with Gasteiger partial charge in [-0.1, -0.05) is 12.1 Å². The van der Waals surface area contributed by atoms with Gasteiger partial charge in [-0.3, -0.25) is 0 Å². The van der Waals surface area contributed by atoms with Crippen LogP contribution in [0.4, 0.5) is 18.9 Å². The molecule has 30 heavy (non-hydrogen) atoms. The first kappa shape index (κ1) is 22.1. The molecule has 0 radical (unpaired) electrons. The van der Waals surface area contributed by atoms with Crippen LogP contribution >= 0.6 is 0 Å². The van der Waals surface area contributed by atoms with Gasteiger partial charge in [0.15, 0.2) is 5.69 Å². The summed E-state index contributed by atoms with van der Waals surface area (Å²) in [4.78, 5) is 0. The highest BCUT2D eigenvalue weighted by Gasteiger charge is 2.42. The Morgan fingerprint density at radius 3 is 2.30 bits per heavy atom. The molecule has 0 bridgehead atoms. The largest absolute Gasteiger partial charge is 0.457 e. The number of benzene rings is 2. The fourth-order valence-corrected chi connectivity index (χ4v) is 4.67. The molecule has 0 spiro atoms. The van der Waals surface area contributed by atoms with E-state index in [4.69, 9.17) is 10.5 Å². The Hall–Kier alpha value is -2.62. The second-order valence-electron chi connectivity index (χ2n) is 6.74. The van der Waals surface area contributed by atoms with Gasteiger partial charge < -0.3 is 10.5 Å². The van der Waals surface area contributed by atoms with Crippen LogP contribution in [0.2, 0.25) is 0 Å². The van der Waals surface area contributed by atoms with Gasteiger partial charge in [0.25, 0.3) is 0 Å². The number of rotatable bonds is 6. The Morgan fingerprint density at radius 2 is 1.77 bits per heavy atom. The van der Waals surface area contributed by atoms with E-state index in [0.717, 1.165) is 11.6 Å². The van der Waals surface area contributed by atoms with Crippen molar-refractivity contribution in [3.05, 3.63) is 78.0 Å². The first-order valence-electron chi connectivity index (χ1n) is 9.26. The first-order valence-corrected chi connectivity index (χ1v) is 10.9. The Balaban J connectivity index is 1.95. The molecule has 1 heterocycles. The molecule has 0 saturated heterocycles. The zero-order valence-electron chi connectivity index (χ0n) is 16.3. The molecular formula is C21H22F3N2O3S+. The van der Waals surface area contributed by atoms with Crippen molar-refractivity contribution in [1.29, 1.82) is 0 Å². The van der Waals surface area contributed by atoms with Gasteiger partial charge in [0.05, 0.1) is 11.3 Å². The van der Waals surface area contributed by atoms with Crippen molar-refractivity contribution >= 4 is 15.7 Å². The Bertz CT molecular complexity index is 1080. The van der Waals surface area contributed by atoms with Gasteiger partial charge in [-0.15, -0.1) is 0 Å². The van der Waals surface area contributed by atoms with Crippen LogP contribution in [0, 0.1) is 0 Å². The van der Waals surface area contributed by atoms with Crippen molar-refractivity contribution in [1.82, 2.24) is 3.89 Å². The molecule has 0 amide bonds. The van der Waals surface area contributed by atoms with Gasteiger partial charge >= 0.3 is 16.2 Å². The molecule has 3 rings (SSSR count). The lowest BCUT2D eigenvalue weighted by Gasteiger charge is -2.33. The molecule has 0 aromatic heterocycles. The van der Waals surface area contributed by atoms with Crippen LogP contribution in [0.1, 0.15) is 12.5 Å². The minimum Gasteiger partial charge on any atom is -0.457 e. The van der Waals surface area contributed by atoms with Gasteiger partial charge in [-0.2, -0.15) is 25.5 Å². The lowest BCUT2D eigenvalue weighted by Crippen LogP contribution is -2.51. The molecule has 1 aliphatic rings. The monoisotopic (exact) mass is 439 g/mol. The zero-order valence-corrected chi connectivity index (χ0v) is 17.1. The minimum absolute atomic E-state index is 0.0830. The predicted molar refractivity (Wildman–Crippen MR) is 110 cm³/mol. The van der Waals surface area contributed by atoms with Crippen molar-refractivity contribution in [3.63, 3.8) is 0 Å². The molecule has 2 N–H and O–H groups in total. The van der Waals surface area contributed by atoms with Crippen LogP contribution in [-0.2, 0) is 16.2 Å². The predicted octanol–water partition coefficient (Wildman–Crippen LogP) is 4.57. The van der Waals surface area contributed by atoms with Crippen LogP contribution in [0.15, 0.2) is 72.5 Å². The van der Waals surface area contributed by atoms with Gasteiger partial charge in [-0.25, -0.2) is 0 Å². The number of hydrogen-bond donors (Lipinski definition) is 1. The molecule has 9 heteroatoms. The molecule has 0 saturated carbocycles. The van der Waals surface area contributed by atoms with E-state index >= 15 is 0 Å². The second kappa shape index (κ2) is 8.25. The fourth-order valence-electron chi connectivity index (χ4n) is 3.22. The number of quaternary nitrogens is 1. The highest BCUT2D eigenvalue weighted by molar-refractivity contribution is 7.91. The Kier molecular flexibility index (Phi) is 6.07. The molecule has 1 atom stereocenters. The number of nitrogens with two attached hydrogens (primary N) is 1. The van der Waals surface area contributed by atoms with Gasteiger partial charge in [0.1, 0.15) is 24.2 Å². The van der Waals surface area contributed by atoms with Gasteiger partial charge in [-0.05, 0) is 48.9 Å². The van der Waals surface area contributed by atoms with E-state index in [1.807, 2.05) is 0 Å². The zero-order chi connectivity index (χ0) is 22.0. The van der Waals surface area contributed by atoms with E-state index in [9.17, 15) is 21.6 Å². The summed E-state index contributed by atoms with van der Waals surface area (Å²) in [6, 6.07) is 10.9. The van der Waals surface area contributed by atoms with E-state index in [-0.39, 0.29) is 23.8 Å². The first-order chi connectivity index (χ1) is 14.1. The maximum atomic E-state index is 13.2. The number of halogens is 3.